The maximum Gasteiger partial charge on any atom is 0.320 e. The van der Waals surface area contributed by atoms with Crippen molar-refractivity contribution >= 4 is 11.9 Å². The van der Waals surface area contributed by atoms with E-state index in [-0.39, 0.29) is 0 Å². The van der Waals surface area contributed by atoms with E-state index < -0.39 is 12.0 Å². The Morgan fingerprint density at radius 1 is 1.47 bits per heavy atom. The summed E-state index contributed by atoms with van der Waals surface area (Å²) in [7, 11) is 0. The number of aliphatic carboxylic acids is 1. The molecule has 0 heterocycles. The SMILES string of the molecule is CCNC(=N)NCCCC[C@@H](N)C(=O)O. The number of nitrogens with two attached hydrogens (primary N) is 1. The molecule has 1 atom stereocenters. The van der Waals surface area contributed by atoms with Crippen LogP contribution < -0.4 is 16.4 Å². The van der Waals surface area contributed by atoms with Gasteiger partial charge in [-0.1, -0.05) is 0 Å². The van der Waals surface area contributed by atoms with Crippen LogP contribution in [0.15, 0.2) is 0 Å². The number of carboxylic acid groups (broad SMARTS) is 1. The first kappa shape index (κ1) is 13.7. The molecule has 88 valence electrons. The molecule has 0 fully saturated rings. The largest absolute Gasteiger partial charge is 0.480 e. The van der Waals surface area contributed by atoms with Crippen LogP contribution in [0, 0.1) is 5.41 Å². The number of nitrogens with one attached hydrogen (secondary N) is 3. The molecule has 0 aromatic rings. The van der Waals surface area contributed by atoms with Crippen LogP contribution in [0.5, 0.6) is 0 Å². The van der Waals surface area contributed by atoms with Gasteiger partial charge in [0.25, 0.3) is 0 Å². The average molecular weight is 216 g/mol. The van der Waals surface area contributed by atoms with Crippen LogP contribution in [0.1, 0.15) is 26.2 Å². The van der Waals surface area contributed by atoms with E-state index in [1.807, 2.05) is 6.92 Å². The average Bonchev–Trinajstić information content (AvgIpc) is 2.17. The molecule has 0 aromatic carbocycles. The summed E-state index contributed by atoms with van der Waals surface area (Å²) < 4.78 is 0. The van der Waals surface area contributed by atoms with E-state index in [1.165, 1.54) is 0 Å². The summed E-state index contributed by atoms with van der Waals surface area (Å²) in [5.41, 5.74) is 5.33. The number of unbranched alkanes of at least 4 members (excludes halogenated alkanes) is 1. The number of carbonyl (C=O) groups is 1. The van der Waals surface area contributed by atoms with Gasteiger partial charge in [0.15, 0.2) is 5.96 Å². The third-order valence-corrected chi connectivity index (χ3v) is 1.91. The van der Waals surface area contributed by atoms with Crippen molar-refractivity contribution in [2.75, 3.05) is 13.1 Å². The highest BCUT2D eigenvalue weighted by atomic mass is 16.4. The number of guanidine groups is 1. The first-order valence-electron chi connectivity index (χ1n) is 5.12. The fraction of sp³-hybridized carbons (Fsp3) is 0.778. The monoisotopic (exact) mass is 216 g/mol. The molecule has 6 nitrogen and oxygen atoms in total. The standard InChI is InChI=1S/C9H20N4O2/c1-2-12-9(11)13-6-4-3-5-7(10)8(14)15/h7H,2-6,10H2,1H3,(H,14,15)(H3,11,12,13)/t7-/m1/s1. The van der Waals surface area contributed by atoms with Crippen molar-refractivity contribution in [3.63, 3.8) is 0 Å². The van der Waals surface area contributed by atoms with E-state index >= 15 is 0 Å². The van der Waals surface area contributed by atoms with E-state index in [2.05, 4.69) is 10.6 Å². The van der Waals surface area contributed by atoms with Crippen molar-refractivity contribution in [1.82, 2.24) is 10.6 Å². The Kier molecular flexibility index (Phi) is 7.35. The quantitative estimate of drug-likeness (QED) is 0.228. The third-order valence-electron chi connectivity index (χ3n) is 1.91. The summed E-state index contributed by atoms with van der Waals surface area (Å²) in [6.07, 6.45) is 2.04. The van der Waals surface area contributed by atoms with Crippen molar-refractivity contribution in [2.45, 2.75) is 32.2 Å². The molecular formula is C9H20N4O2. The minimum absolute atomic E-state index is 0.306. The van der Waals surface area contributed by atoms with Crippen LogP contribution in [0.25, 0.3) is 0 Å². The van der Waals surface area contributed by atoms with E-state index in [4.69, 9.17) is 16.2 Å². The summed E-state index contributed by atoms with van der Waals surface area (Å²) in [6.45, 7) is 3.30. The fourth-order valence-corrected chi connectivity index (χ4v) is 1.07. The van der Waals surface area contributed by atoms with Crippen molar-refractivity contribution in [3.05, 3.63) is 0 Å². The second kappa shape index (κ2) is 8.05. The van der Waals surface area contributed by atoms with Crippen molar-refractivity contribution in [3.8, 4) is 0 Å². The van der Waals surface area contributed by atoms with Gasteiger partial charge >= 0.3 is 5.97 Å². The zero-order valence-corrected chi connectivity index (χ0v) is 9.05. The molecule has 0 amide bonds. The number of carboxylic acids is 1. The molecule has 15 heavy (non-hydrogen) atoms. The molecular weight excluding hydrogens is 196 g/mol. The highest BCUT2D eigenvalue weighted by molar-refractivity contribution is 5.76. The van der Waals surface area contributed by atoms with Crippen molar-refractivity contribution in [2.24, 2.45) is 5.73 Å². The van der Waals surface area contributed by atoms with Crippen molar-refractivity contribution in [1.29, 1.82) is 5.41 Å². The number of hydrogen-bond donors (Lipinski definition) is 5. The Bertz CT molecular complexity index is 208. The molecule has 0 aliphatic heterocycles. The zero-order chi connectivity index (χ0) is 11.7. The summed E-state index contributed by atoms with van der Waals surface area (Å²) >= 11 is 0. The minimum atomic E-state index is -0.955. The van der Waals surface area contributed by atoms with Gasteiger partial charge < -0.3 is 21.5 Å². The van der Waals surface area contributed by atoms with Crippen LogP contribution in [0.2, 0.25) is 0 Å². The lowest BCUT2D eigenvalue weighted by molar-refractivity contribution is -0.138. The van der Waals surface area contributed by atoms with E-state index in [9.17, 15) is 4.79 Å². The zero-order valence-electron chi connectivity index (χ0n) is 9.05. The smallest absolute Gasteiger partial charge is 0.320 e. The van der Waals surface area contributed by atoms with Crippen LogP contribution in [-0.2, 0) is 4.79 Å². The minimum Gasteiger partial charge on any atom is -0.480 e. The molecule has 0 unspecified atom stereocenters. The lowest BCUT2D eigenvalue weighted by Crippen LogP contribution is -2.36. The van der Waals surface area contributed by atoms with Crippen LogP contribution in [0.4, 0.5) is 0 Å². The highest BCUT2D eigenvalue weighted by Gasteiger charge is 2.09. The first-order valence-corrected chi connectivity index (χ1v) is 5.12. The summed E-state index contributed by atoms with van der Waals surface area (Å²) in [5.74, 6) is -0.650. The van der Waals surface area contributed by atoms with Crippen LogP contribution >= 0.6 is 0 Å². The molecule has 6 N–H and O–H groups in total. The summed E-state index contributed by atoms with van der Waals surface area (Å²) in [6, 6.07) is -0.766. The Balaban J connectivity index is 3.32. The molecule has 0 radical (unpaired) electrons. The second-order valence-corrected chi connectivity index (χ2v) is 3.27. The van der Waals surface area contributed by atoms with Crippen LogP contribution in [0.3, 0.4) is 0 Å². The van der Waals surface area contributed by atoms with Crippen molar-refractivity contribution < 1.29 is 9.90 Å². The van der Waals surface area contributed by atoms with Gasteiger partial charge in [-0.2, -0.15) is 0 Å². The molecule has 0 saturated carbocycles. The molecule has 0 spiro atoms. The molecule has 0 aromatic heterocycles. The van der Waals surface area contributed by atoms with E-state index in [0.717, 1.165) is 19.4 Å². The van der Waals surface area contributed by atoms with E-state index in [0.29, 0.717) is 18.9 Å². The van der Waals surface area contributed by atoms with Gasteiger partial charge in [-0.05, 0) is 26.2 Å². The number of hydrogen-bond acceptors (Lipinski definition) is 3. The maximum atomic E-state index is 10.4. The highest BCUT2D eigenvalue weighted by Crippen LogP contribution is 1.97. The lowest BCUT2D eigenvalue weighted by atomic mass is 10.1. The topological polar surface area (TPSA) is 111 Å². The predicted molar refractivity (Wildman–Crippen MR) is 58.9 cm³/mol. The summed E-state index contributed by atoms with van der Waals surface area (Å²) in [4.78, 5) is 10.4. The Labute approximate surface area is 89.7 Å². The number of rotatable bonds is 7. The van der Waals surface area contributed by atoms with E-state index in [1.54, 1.807) is 0 Å². The van der Waals surface area contributed by atoms with Gasteiger partial charge in [-0.15, -0.1) is 0 Å². The fourth-order valence-electron chi connectivity index (χ4n) is 1.07. The Morgan fingerprint density at radius 3 is 2.67 bits per heavy atom. The Morgan fingerprint density at radius 2 is 2.13 bits per heavy atom. The second-order valence-electron chi connectivity index (χ2n) is 3.27. The molecule has 0 aliphatic rings. The van der Waals surface area contributed by atoms with Gasteiger partial charge in [0.1, 0.15) is 6.04 Å². The predicted octanol–water partition coefficient (Wildman–Crippen LogP) is -0.298. The first-order chi connectivity index (χ1) is 7.07. The maximum absolute atomic E-state index is 10.4. The molecule has 6 heteroatoms. The van der Waals surface area contributed by atoms with Crippen LogP contribution in [-0.4, -0.2) is 36.2 Å². The lowest BCUT2D eigenvalue weighted by Gasteiger charge is -2.09. The Hall–Kier alpha value is -1.30. The molecule has 0 bridgehead atoms. The van der Waals surface area contributed by atoms with Gasteiger partial charge in [-0.25, -0.2) is 0 Å². The molecule has 0 aliphatic carbocycles. The van der Waals surface area contributed by atoms with Gasteiger partial charge in [-0.3, -0.25) is 10.2 Å². The summed E-state index contributed by atoms with van der Waals surface area (Å²) in [5, 5.41) is 21.5. The van der Waals surface area contributed by atoms with Gasteiger partial charge in [0.2, 0.25) is 0 Å². The van der Waals surface area contributed by atoms with Gasteiger partial charge in [0.05, 0.1) is 0 Å². The van der Waals surface area contributed by atoms with Gasteiger partial charge in [0, 0.05) is 13.1 Å². The normalized spacial score (nSPS) is 11.9. The molecule has 0 rings (SSSR count). The molecule has 0 saturated heterocycles. The third kappa shape index (κ3) is 7.75.